The molecule has 1 aromatic carbocycles. The molecule has 0 radical (unpaired) electrons. The Morgan fingerprint density at radius 2 is 2.00 bits per heavy atom. The van der Waals surface area contributed by atoms with Gasteiger partial charge in [-0.2, -0.15) is 0 Å². The van der Waals surface area contributed by atoms with Crippen LogP contribution in [-0.2, 0) is 6.54 Å². The molecule has 0 aliphatic carbocycles. The van der Waals surface area contributed by atoms with Gasteiger partial charge in [0.25, 0.3) is 5.56 Å². The molecule has 0 unspecified atom stereocenters. The number of halogens is 2. The Morgan fingerprint density at radius 3 is 2.74 bits per heavy atom. The normalized spacial score (nSPS) is 10.5. The number of aryl methyl sites for hydroxylation is 1. The molecule has 0 fully saturated rings. The Balaban J connectivity index is 2.02. The van der Waals surface area contributed by atoms with E-state index in [1.165, 1.54) is 0 Å². The van der Waals surface area contributed by atoms with Crippen LogP contribution in [0.1, 0.15) is 5.56 Å². The Bertz CT molecular complexity index is 638. The topological polar surface area (TPSA) is 34.0 Å². The molecule has 2 aromatic rings. The first-order valence-electron chi connectivity index (χ1n) is 5.92. The van der Waals surface area contributed by atoms with Crippen LogP contribution in [-0.4, -0.2) is 11.1 Å². The van der Waals surface area contributed by atoms with Gasteiger partial charge in [-0.1, -0.05) is 22.0 Å². The molecule has 100 valence electrons. The number of rotatable bonds is 4. The van der Waals surface area contributed by atoms with Crippen molar-refractivity contribution < 1.29 is 0 Å². The molecule has 0 atom stereocenters. The van der Waals surface area contributed by atoms with E-state index >= 15 is 0 Å². The van der Waals surface area contributed by atoms with Crippen LogP contribution >= 0.6 is 31.9 Å². The molecule has 3 nitrogen and oxygen atoms in total. The smallest absolute Gasteiger partial charge is 0.253 e. The van der Waals surface area contributed by atoms with Gasteiger partial charge in [-0.25, -0.2) is 0 Å². The van der Waals surface area contributed by atoms with E-state index in [1.54, 1.807) is 4.57 Å². The van der Waals surface area contributed by atoms with Crippen molar-refractivity contribution in [3.63, 3.8) is 0 Å². The number of hydrogen-bond donors (Lipinski definition) is 1. The molecule has 19 heavy (non-hydrogen) atoms. The summed E-state index contributed by atoms with van der Waals surface area (Å²) in [5.41, 5.74) is 1.84. The summed E-state index contributed by atoms with van der Waals surface area (Å²) in [6.07, 6.45) is 1.82. The lowest BCUT2D eigenvalue weighted by Gasteiger charge is -2.10. The van der Waals surface area contributed by atoms with Crippen molar-refractivity contribution >= 4 is 37.5 Å². The van der Waals surface area contributed by atoms with E-state index in [1.807, 2.05) is 43.5 Å². The minimum absolute atomic E-state index is 0.0549. The van der Waals surface area contributed by atoms with Crippen LogP contribution in [0, 0.1) is 6.92 Å². The maximum absolute atomic E-state index is 11.9. The quantitative estimate of drug-likeness (QED) is 0.868. The molecule has 5 heteroatoms. The molecule has 2 rings (SSSR count). The zero-order valence-corrected chi connectivity index (χ0v) is 13.7. The fourth-order valence-electron chi connectivity index (χ4n) is 1.83. The van der Waals surface area contributed by atoms with Crippen LogP contribution < -0.4 is 10.9 Å². The van der Waals surface area contributed by atoms with Gasteiger partial charge in [-0.15, -0.1) is 0 Å². The number of nitrogens with one attached hydrogen (secondary N) is 1. The third kappa shape index (κ3) is 3.94. The van der Waals surface area contributed by atoms with E-state index in [2.05, 4.69) is 37.2 Å². The van der Waals surface area contributed by atoms with Crippen molar-refractivity contribution in [2.75, 3.05) is 11.9 Å². The third-order valence-electron chi connectivity index (χ3n) is 2.74. The molecular formula is C14H14Br2N2O. The van der Waals surface area contributed by atoms with E-state index in [-0.39, 0.29) is 5.56 Å². The highest BCUT2D eigenvalue weighted by Crippen LogP contribution is 2.15. The molecule has 0 aliphatic heterocycles. The van der Waals surface area contributed by atoms with E-state index in [0.717, 1.165) is 20.2 Å². The van der Waals surface area contributed by atoms with E-state index in [9.17, 15) is 4.79 Å². The zero-order valence-electron chi connectivity index (χ0n) is 10.5. The van der Waals surface area contributed by atoms with Gasteiger partial charge in [0, 0.05) is 39.5 Å². The van der Waals surface area contributed by atoms with Gasteiger partial charge < -0.3 is 9.88 Å². The number of benzene rings is 1. The van der Waals surface area contributed by atoms with Crippen molar-refractivity contribution in [1.82, 2.24) is 4.57 Å². The zero-order chi connectivity index (χ0) is 13.8. The first-order valence-corrected chi connectivity index (χ1v) is 7.51. The van der Waals surface area contributed by atoms with Crippen LogP contribution in [0.15, 0.2) is 50.3 Å². The Hall–Kier alpha value is -1.07. The SMILES string of the molecule is Cc1cc(Br)cn(CCNc2cccc(Br)c2)c1=O. The summed E-state index contributed by atoms with van der Waals surface area (Å²) in [4.78, 5) is 11.9. The number of nitrogens with zero attached hydrogens (tertiary/aromatic N) is 1. The molecular weight excluding hydrogens is 372 g/mol. The molecule has 0 aliphatic rings. The molecule has 1 aromatic heterocycles. The third-order valence-corrected chi connectivity index (χ3v) is 3.67. The lowest BCUT2D eigenvalue weighted by Crippen LogP contribution is -2.24. The molecule has 0 spiro atoms. The summed E-state index contributed by atoms with van der Waals surface area (Å²) < 4.78 is 3.67. The molecule has 0 saturated heterocycles. The van der Waals surface area contributed by atoms with Crippen LogP contribution in [0.2, 0.25) is 0 Å². The minimum Gasteiger partial charge on any atom is -0.383 e. The summed E-state index contributed by atoms with van der Waals surface area (Å²) in [5.74, 6) is 0. The second kappa shape index (κ2) is 6.39. The van der Waals surface area contributed by atoms with Crippen molar-refractivity contribution in [2.24, 2.45) is 0 Å². The van der Waals surface area contributed by atoms with Gasteiger partial charge in [0.2, 0.25) is 0 Å². The van der Waals surface area contributed by atoms with Crippen LogP contribution in [0.5, 0.6) is 0 Å². The Labute approximate surface area is 128 Å². The molecule has 1 heterocycles. The summed E-state index contributed by atoms with van der Waals surface area (Å²) in [6.45, 7) is 3.16. The average molecular weight is 386 g/mol. The summed E-state index contributed by atoms with van der Waals surface area (Å²) in [6, 6.07) is 9.80. The van der Waals surface area contributed by atoms with Crippen molar-refractivity contribution in [1.29, 1.82) is 0 Å². The van der Waals surface area contributed by atoms with Crippen molar-refractivity contribution in [3.05, 3.63) is 61.4 Å². The minimum atomic E-state index is 0.0549. The second-order valence-electron chi connectivity index (χ2n) is 4.28. The van der Waals surface area contributed by atoms with E-state index < -0.39 is 0 Å². The monoisotopic (exact) mass is 384 g/mol. The van der Waals surface area contributed by atoms with Crippen LogP contribution in [0.25, 0.3) is 0 Å². The average Bonchev–Trinajstić information content (AvgIpc) is 2.35. The predicted octanol–water partition coefficient (Wildman–Crippen LogP) is 3.79. The summed E-state index contributed by atoms with van der Waals surface area (Å²) in [5, 5.41) is 3.30. The van der Waals surface area contributed by atoms with E-state index in [0.29, 0.717) is 13.1 Å². The number of pyridine rings is 1. The van der Waals surface area contributed by atoms with Crippen molar-refractivity contribution in [2.45, 2.75) is 13.5 Å². The fraction of sp³-hybridized carbons (Fsp3) is 0.214. The van der Waals surface area contributed by atoms with Gasteiger partial charge in [0.15, 0.2) is 0 Å². The lowest BCUT2D eigenvalue weighted by molar-refractivity contribution is 0.690. The maximum Gasteiger partial charge on any atom is 0.253 e. The number of anilines is 1. The lowest BCUT2D eigenvalue weighted by atomic mass is 10.3. The summed E-state index contributed by atoms with van der Waals surface area (Å²) in [7, 11) is 0. The van der Waals surface area contributed by atoms with Crippen LogP contribution in [0.4, 0.5) is 5.69 Å². The Morgan fingerprint density at radius 1 is 1.21 bits per heavy atom. The Kier molecular flexibility index (Phi) is 4.82. The van der Waals surface area contributed by atoms with Crippen LogP contribution in [0.3, 0.4) is 0 Å². The highest BCUT2D eigenvalue weighted by atomic mass is 79.9. The van der Waals surface area contributed by atoms with Gasteiger partial charge in [0.05, 0.1) is 0 Å². The maximum atomic E-state index is 11.9. The molecule has 0 bridgehead atoms. The van der Waals surface area contributed by atoms with Gasteiger partial charge in [-0.3, -0.25) is 4.79 Å². The van der Waals surface area contributed by atoms with Gasteiger partial charge >= 0.3 is 0 Å². The summed E-state index contributed by atoms with van der Waals surface area (Å²) >= 11 is 6.84. The van der Waals surface area contributed by atoms with Crippen molar-refractivity contribution in [3.8, 4) is 0 Å². The molecule has 1 N–H and O–H groups in total. The second-order valence-corrected chi connectivity index (χ2v) is 6.11. The van der Waals surface area contributed by atoms with Gasteiger partial charge in [0.1, 0.15) is 0 Å². The fourth-order valence-corrected chi connectivity index (χ4v) is 2.81. The van der Waals surface area contributed by atoms with E-state index in [4.69, 9.17) is 0 Å². The highest BCUT2D eigenvalue weighted by molar-refractivity contribution is 9.10. The predicted molar refractivity (Wildman–Crippen MR) is 85.8 cm³/mol. The first kappa shape index (κ1) is 14.3. The first-order chi connectivity index (χ1) is 9.06. The largest absolute Gasteiger partial charge is 0.383 e. The van der Waals surface area contributed by atoms with Gasteiger partial charge in [-0.05, 0) is 47.1 Å². The standard InChI is InChI=1S/C14H14Br2N2O/c1-10-7-12(16)9-18(14(10)19)6-5-17-13-4-2-3-11(15)8-13/h2-4,7-9,17H,5-6H2,1H3. The highest BCUT2D eigenvalue weighted by Gasteiger charge is 2.01. The number of hydrogen-bond acceptors (Lipinski definition) is 2. The molecule has 0 saturated carbocycles. The molecule has 0 amide bonds. The number of aromatic nitrogens is 1.